The molecule has 0 saturated carbocycles. The van der Waals surface area contributed by atoms with Gasteiger partial charge in [0.25, 0.3) is 0 Å². The van der Waals surface area contributed by atoms with Gasteiger partial charge in [-0.15, -0.1) is 0 Å². The van der Waals surface area contributed by atoms with Gasteiger partial charge in [-0.25, -0.2) is 0 Å². The number of hydrogen-bond acceptors (Lipinski definition) is 3. The van der Waals surface area contributed by atoms with Crippen molar-refractivity contribution in [2.75, 3.05) is 44.7 Å². The number of nitrogens with one attached hydrogen (secondary N) is 1. The molecule has 1 fully saturated rings. The Bertz CT molecular complexity index is 113. The molecule has 0 bridgehead atoms. The van der Waals surface area contributed by atoms with Crippen molar-refractivity contribution in [3.63, 3.8) is 0 Å². The molecule has 0 unspecified atom stereocenters. The Balaban J connectivity index is 1.86. The molecular formula is C10H22N2S. The number of hydrogen-bond donors (Lipinski definition) is 1. The lowest BCUT2D eigenvalue weighted by Crippen LogP contribution is -2.43. The topological polar surface area (TPSA) is 15.3 Å². The Morgan fingerprint density at radius 1 is 1.15 bits per heavy atom. The van der Waals surface area contributed by atoms with Crippen LogP contribution < -0.4 is 5.32 Å². The van der Waals surface area contributed by atoms with E-state index in [0.29, 0.717) is 0 Å². The second-order valence-corrected chi connectivity index (χ2v) is 4.63. The second kappa shape index (κ2) is 7.65. The molecule has 0 atom stereocenters. The average molecular weight is 202 g/mol. The largest absolute Gasteiger partial charge is 0.314 e. The van der Waals surface area contributed by atoms with E-state index < -0.39 is 0 Å². The highest BCUT2D eigenvalue weighted by atomic mass is 32.2. The van der Waals surface area contributed by atoms with Gasteiger partial charge in [0, 0.05) is 26.2 Å². The standard InChI is InChI=1S/C10H22N2S/c1-13-10-4-2-3-7-12-8-5-11-6-9-12/h11H,2-10H2,1H3. The first kappa shape index (κ1) is 11.3. The van der Waals surface area contributed by atoms with Crippen molar-refractivity contribution >= 4 is 11.8 Å². The summed E-state index contributed by atoms with van der Waals surface area (Å²) in [5.74, 6) is 1.33. The highest BCUT2D eigenvalue weighted by molar-refractivity contribution is 7.98. The molecular weight excluding hydrogens is 180 g/mol. The molecule has 0 aromatic carbocycles. The van der Waals surface area contributed by atoms with E-state index in [2.05, 4.69) is 16.5 Å². The highest BCUT2D eigenvalue weighted by Crippen LogP contribution is 2.04. The zero-order valence-corrected chi connectivity index (χ0v) is 9.54. The minimum absolute atomic E-state index is 1.19. The van der Waals surface area contributed by atoms with Gasteiger partial charge < -0.3 is 10.2 Å². The van der Waals surface area contributed by atoms with Crippen LogP contribution >= 0.6 is 11.8 Å². The molecule has 1 rings (SSSR count). The lowest BCUT2D eigenvalue weighted by molar-refractivity contribution is 0.236. The third-order valence-corrected chi connectivity index (χ3v) is 3.23. The highest BCUT2D eigenvalue weighted by Gasteiger charge is 2.07. The maximum Gasteiger partial charge on any atom is 0.0107 e. The summed E-state index contributed by atoms with van der Waals surface area (Å²) in [6, 6.07) is 0. The van der Waals surface area contributed by atoms with E-state index in [9.17, 15) is 0 Å². The molecule has 2 nitrogen and oxygen atoms in total. The minimum atomic E-state index is 1.19. The van der Waals surface area contributed by atoms with Crippen LogP contribution in [0.2, 0.25) is 0 Å². The number of thioether (sulfide) groups is 1. The SMILES string of the molecule is CSCCCCCN1CCNCC1. The molecule has 1 aliphatic rings. The summed E-state index contributed by atoms with van der Waals surface area (Å²) in [5, 5.41) is 3.38. The fourth-order valence-corrected chi connectivity index (χ4v) is 2.19. The van der Waals surface area contributed by atoms with E-state index in [1.807, 2.05) is 11.8 Å². The van der Waals surface area contributed by atoms with Gasteiger partial charge in [0.1, 0.15) is 0 Å². The van der Waals surface area contributed by atoms with Crippen LogP contribution in [0, 0.1) is 0 Å². The Kier molecular flexibility index (Phi) is 6.68. The van der Waals surface area contributed by atoms with Crippen molar-refractivity contribution < 1.29 is 0 Å². The van der Waals surface area contributed by atoms with Crippen LogP contribution in [0.1, 0.15) is 19.3 Å². The first-order valence-electron chi connectivity index (χ1n) is 5.35. The van der Waals surface area contributed by atoms with E-state index >= 15 is 0 Å². The monoisotopic (exact) mass is 202 g/mol. The van der Waals surface area contributed by atoms with Gasteiger partial charge in [-0.2, -0.15) is 11.8 Å². The van der Waals surface area contributed by atoms with E-state index in [0.717, 1.165) is 0 Å². The number of nitrogens with zero attached hydrogens (tertiary/aromatic N) is 1. The molecule has 3 heteroatoms. The van der Waals surface area contributed by atoms with Crippen molar-refractivity contribution in [3.8, 4) is 0 Å². The van der Waals surface area contributed by atoms with Gasteiger partial charge in [0.05, 0.1) is 0 Å². The van der Waals surface area contributed by atoms with Crippen LogP contribution in [0.5, 0.6) is 0 Å². The molecule has 78 valence electrons. The van der Waals surface area contributed by atoms with E-state index in [4.69, 9.17) is 0 Å². The van der Waals surface area contributed by atoms with Gasteiger partial charge in [0.2, 0.25) is 0 Å². The molecule has 1 aliphatic heterocycles. The van der Waals surface area contributed by atoms with Crippen LogP contribution in [0.25, 0.3) is 0 Å². The van der Waals surface area contributed by atoms with E-state index in [1.54, 1.807) is 0 Å². The zero-order chi connectivity index (χ0) is 9.36. The second-order valence-electron chi connectivity index (χ2n) is 3.65. The Hall–Kier alpha value is 0.270. The van der Waals surface area contributed by atoms with Gasteiger partial charge in [-0.1, -0.05) is 6.42 Å². The van der Waals surface area contributed by atoms with Crippen LogP contribution in [-0.4, -0.2) is 49.6 Å². The molecule has 0 amide bonds. The summed E-state index contributed by atoms with van der Waals surface area (Å²) in [7, 11) is 0. The van der Waals surface area contributed by atoms with Crippen LogP contribution in [-0.2, 0) is 0 Å². The lowest BCUT2D eigenvalue weighted by Gasteiger charge is -2.26. The van der Waals surface area contributed by atoms with E-state index in [-0.39, 0.29) is 0 Å². The summed E-state index contributed by atoms with van der Waals surface area (Å²) in [4.78, 5) is 2.58. The average Bonchev–Trinajstić information content (AvgIpc) is 2.19. The Morgan fingerprint density at radius 2 is 1.92 bits per heavy atom. The fraction of sp³-hybridized carbons (Fsp3) is 1.00. The number of rotatable bonds is 6. The minimum Gasteiger partial charge on any atom is -0.314 e. The first-order chi connectivity index (χ1) is 6.43. The lowest BCUT2D eigenvalue weighted by atomic mass is 10.2. The molecule has 0 aromatic heterocycles. The van der Waals surface area contributed by atoms with Gasteiger partial charge in [0.15, 0.2) is 0 Å². The van der Waals surface area contributed by atoms with Gasteiger partial charge in [-0.3, -0.25) is 0 Å². The maximum absolute atomic E-state index is 3.38. The Morgan fingerprint density at radius 3 is 2.62 bits per heavy atom. The summed E-state index contributed by atoms with van der Waals surface area (Å²) in [5.41, 5.74) is 0. The first-order valence-corrected chi connectivity index (χ1v) is 6.75. The molecule has 0 aromatic rings. The van der Waals surface area contributed by atoms with Crippen molar-refractivity contribution in [2.45, 2.75) is 19.3 Å². The predicted molar refractivity (Wildman–Crippen MR) is 61.5 cm³/mol. The van der Waals surface area contributed by atoms with Gasteiger partial charge >= 0.3 is 0 Å². The van der Waals surface area contributed by atoms with Crippen molar-refractivity contribution in [1.82, 2.24) is 10.2 Å². The summed E-state index contributed by atoms with van der Waals surface area (Å²) >= 11 is 1.96. The number of piperazine rings is 1. The third-order valence-electron chi connectivity index (χ3n) is 2.53. The van der Waals surface area contributed by atoms with Crippen LogP contribution in [0.3, 0.4) is 0 Å². The summed E-state index contributed by atoms with van der Waals surface area (Å²) < 4.78 is 0. The third kappa shape index (κ3) is 5.55. The molecule has 13 heavy (non-hydrogen) atoms. The molecule has 1 N–H and O–H groups in total. The van der Waals surface area contributed by atoms with Crippen molar-refractivity contribution in [2.24, 2.45) is 0 Å². The van der Waals surface area contributed by atoms with Gasteiger partial charge in [-0.05, 0) is 31.4 Å². The number of unbranched alkanes of at least 4 members (excludes halogenated alkanes) is 2. The molecule has 0 radical (unpaired) electrons. The molecule has 1 saturated heterocycles. The van der Waals surface area contributed by atoms with Crippen LogP contribution in [0.15, 0.2) is 0 Å². The normalized spacial score (nSPS) is 19.2. The maximum atomic E-state index is 3.38. The van der Waals surface area contributed by atoms with Crippen LogP contribution in [0.4, 0.5) is 0 Å². The summed E-state index contributed by atoms with van der Waals surface area (Å²) in [6.07, 6.45) is 6.38. The summed E-state index contributed by atoms with van der Waals surface area (Å²) in [6.45, 7) is 6.19. The van der Waals surface area contributed by atoms with E-state index in [1.165, 1.54) is 57.7 Å². The Labute approximate surface area is 86.5 Å². The zero-order valence-electron chi connectivity index (χ0n) is 8.72. The molecule has 0 aliphatic carbocycles. The van der Waals surface area contributed by atoms with Crippen molar-refractivity contribution in [3.05, 3.63) is 0 Å². The predicted octanol–water partition coefficient (Wildman–Crippen LogP) is 1.42. The fourth-order valence-electron chi connectivity index (χ4n) is 1.69. The smallest absolute Gasteiger partial charge is 0.0107 e. The van der Waals surface area contributed by atoms with Crippen molar-refractivity contribution in [1.29, 1.82) is 0 Å². The molecule has 0 spiro atoms. The molecule has 1 heterocycles. The quantitative estimate of drug-likeness (QED) is 0.656.